The lowest BCUT2D eigenvalue weighted by atomic mass is 9.96. The molecule has 0 saturated carbocycles. The van der Waals surface area contributed by atoms with E-state index in [4.69, 9.17) is 10.5 Å². The second-order valence-corrected chi connectivity index (χ2v) is 5.61. The molecule has 2 rings (SSSR count). The Kier molecular flexibility index (Phi) is 6.34. The van der Waals surface area contributed by atoms with Crippen LogP contribution in [0, 0.1) is 11.7 Å². The molecule has 0 atom stereocenters. The van der Waals surface area contributed by atoms with Crippen molar-refractivity contribution >= 4 is 11.8 Å². The monoisotopic (exact) mass is 323 g/mol. The molecular weight excluding hydrogens is 301 g/mol. The molecule has 1 aromatic rings. The van der Waals surface area contributed by atoms with E-state index in [0.29, 0.717) is 51.4 Å². The van der Waals surface area contributed by atoms with E-state index < -0.39 is 0 Å². The number of halogens is 1. The number of primary amides is 1. The van der Waals surface area contributed by atoms with Crippen LogP contribution in [0.4, 0.5) is 4.39 Å². The number of nitrogens with one attached hydrogen (secondary N) is 1. The highest BCUT2D eigenvalue weighted by atomic mass is 19.1. The Morgan fingerprint density at radius 2 is 1.91 bits per heavy atom. The number of likely N-dealkylation sites (tertiary alicyclic amines) is 1. The molecule has 3 N–H and O–H groups in total. The number of ether oxygens (including phenoxy) is 1. The van der Waals surface area contributed by atoms with Crippen LogP contribution >= 0.6 is 0 Å². The minimum absolute atomic E-state index is 0.0709. The van der Waals surface area contributed by atoms with Crippen LogP contribution in [0.3, 0.4) is 0 Å². The van der Waals surface area contributed by atoms with E-state index in [1.165, 1.54) is 12.1 Å². The van der Waals surface area contributed by atoms with Crippen LogP contribution in [-0.2, 0) is 9.59 Å². The largest absolute Gasteiger partial charge is 0.492 e. The van der Waals surface area contributed by atoms with Gasteiger partial charge in [0, 0.05) is 5.92 Å². The Labute approximate surface area is 134 Å². The summed E-state index contributed by atoms with van der Waals surface area (Å²) in [5, 5.41) is 2.77. The molecule has 0 bridgehead atoms. The fourth-order valence-electron chi connectivity index (χ4n) is 2.52. The highest BCUT2D eigenvalue weighted by Crippen LogP contribution is 2.16. The highest BCUT2D eigenvalue weighted by molar-refractivity contribution is 5.78. The highest BCUT2D eigenvalue weighted by Gasteiger charge is 2.23. The molecule has 7 heteroatoms. The minimum Gasteiger partial charge on any atom is -0.492 e. The molecule has 0 aromatic heterocycles. The molecule has 6 nitrogen and oxygen atoms in total. The van der Waals surface area contributed by atoms with E-state index >= 15 is 0 Å². The number of hydrogen-bond donors (Lipinski definition) is 2. The SMILES string of the molecule is NC(=O)C1CCN(CC(=O)NCCOc2ccc(F)cc2)CC1. The number of rotatable bonds is 7. The third-order valence-electron chi connectivity index (χ3n) is 3.86. The molecule has 0 radical (unpaired) electrons. The molecule has 0 spiro atoms. The predicted molar refractivity (Wildman–Crippen MR) is 83.3 cm³/mol. The Morgan fingerprint density at radius 3 is 2.52 bits per heavy atom. The van der Waals surface area contributed by atoms with Crippen molar-refractivity contribution in [1.82, 2.24) is 10.2 Å². The van der Waals surface area contributed by atoms with Gasteiger partial charge in [0.15, 0.2) is 0 Å². The lowest BCUT2D eigenvalue weighted by molar-refractivity contribution is -0.124. The summed E-state index contributed by atoms with van der Waals surface area (Å²) in [5.41, 5.74) is 5.28. The van der Waals surface area contributed by atoms with E-state index in [1.54, 1.807) is 12.1 Å². The van der Waals surface area contributed by atoms with Gasteiger partial charge in [0.05, 0.1) is 13.1 Å². The number of carbonyl (C=O) groups excluding carboxylic acids is 2. The van der Waals surface area contributed by atoms with Crippen LogP contribution in [0.2, 0.25) is 0 Å². The lowest BCUT2D eigenvalue weighted by Gasteiger charge is -2.29. The summed E-state index contributed by atoms with van der Waals surface area (Å²) in [6, 6.07) is 5.73. The number of nitrogens with two attached hydrogens (primary N) is 1. The van der Waals surface area contributed by atoms with Gasteiger partial charge in [-0.2, -0.15) is 0 Å². The average Bonchev–Trinajstić information content (AvgIpc) is 2.54. The summed E-state index contributed by atoms with van der Waals surface area (Å²) in [7, 11) is 0. The number of nitrogens with zero attached hydrogens (tertiary/aromatic N) is 1. The van der Waals surface area contributed by atoms with Gasteiger partial charge in [0.2, 0.25) is 11.8 Å². The van der Waals surface area contributed by atoms with Crippen LogP contribution in [0.25, 0.3) is 0 Å². The number of carbonyl (C=O) groups is 2. The van der Waals surface area contributed by atoms with Gasteiger partial charge in [-0.25, -0.2) is 4.39 Å². The summed E-state index contributed by atoms with van der Waals surface area (Å²) in [5.74, 6) is -0.157. The zero-order valence-electron chi connectivity index (χ0n) is 13.0. The molecular formula is C16H22FN3O3. The van der Waals surface area contributed by atoms with Gasteiger partial charge in [0.25, 0.3) is 0 Å². The van der Waals surface area contributed by atoms with E-state index in [9.17, 15) is 14.0 Å². The van der Waals surface area contributed by atoms with Gasteiger partial charge < -0.3 is 15.8 Å². The standard InChI is InChI=1S/C16H22FN3O3/c17-13-1-3-14(4-2-13)23-10-7-19-15(21)11-20-8-5-12(6-9-20)16(18)22/h1-4,12H,5-11H2,(H2,18,22)(H,19,21). The maximum atomic E-state index is 12.7. The summed E-state index contributed by atoms with van der Waals surface area (Å²) < 4.78 is 18.1. The third-order valence-corrected chi connectivity index (χ3v) is 3.86. The van der Waals surface area contributed by atoms with Gasteiger partial charge in [-0.15, -0.1) is 0 Å². The zero-order valence-corrected chi connectivity index (χ0v) is 13.0. The maximum absolute atomic E-state index is 12.7. The fourth-order valence-corrected chi connectivity index (χ4v) is 2.52. The first-order valence-electron chi connectivity index (χ1n) is 7.71. The number of amides is 2. The van der Waals surface area contributed by atoms with Gasteiger partial charge in [-0.1, -0.05) is 0 Å². The van der Waals surface area contributed by atoms with E-state index in [1.807, 2.05) is 4.90 Å². The second-order valence-electron chi connectivity index (χ2n) is 5.61. The summed E-state index contributed by atoms with van der Waals surface area (Å²) in [6.45, 7) is 2.41. The molecule has 0 unspecified atom stereocenters. The summed E-state index contributed by atoms with van der Waals surface area (Å²) in [4.78, 5) is 24.9. The van der Waals surface area contributed by atoms with Crippen LogP contribution in [0.5, 0.6) is 5.75 Å². The van der Waals surface area contributed by atoms with Crippen molar-refractivity contribution in [2.45, 2.75) is 12.8 Å². The van der Waals surface area contributed by atoms with Crippen molar-refractivity contribution < 1.29 is 18.7 Å². The number of hydrogen-bond acceptors (Lipinski definition) is 4. The zero-order chi connectivity index (χ0) is 16.7. The van der Waals surface area contributed by atoms with E-state index in [0.717, 1.165) is 0 Å². The first-order chi connectivity index (χ1) is 11.0. The van der Waals surface area contributed by atoms with Crippen molar-refractivity contribution in [3.05, 3.63) is 30.1 Å². The van der Waals surface area contributed by atoms with Crippen molar-refractivity contribution in [3.8, 4) is 5.75 Å². The van der Waals surface area contributed by atoms with Crippen molar-refractivity contribution in [1.29, 1.82) is 0 Å². The molecule has 126 valence electrons. The average molecular weight is 323 g/mol. The Bertz CT molecular complexity index is 528. The predicted octanol–water partition coefficient (Wildman–Crippen LogP) is 0.518. The molecule has 23 heavy (non-hydrogen) atoms. The Hall–Kier alpha value is -2.15. The van der Waals surface area contributed by atoms with E-state index in [-0.39, 0.29) is 23.5 Å². The third kappa shape index (κ3) is 5.86. The molecule has 1 aromatic carbocycles. The minimum atomic E-state index is -0.314. The van der Waals surface area contributed by atoms with Gasteiger partial charge in [-0.05, 0) is 50.2 Å². The first kappa shape index (κ1) is 17.2. The maximum Gasteiger partial charge on any atom is 0.234 e. The lowest BCUT2D eigenvalue weighted by Crippen LogP contribution is -2.44. The van der Waals surface area contributed by atoms with Crippen LogP contribution < -0.4 is 15.8 Å². The van der Waals surface area contributed by atoms with Gasteiger partial charge in [-0.3, -0.25) is 14.5 Å². The Morgan fingerprint density at radius 1 is 1.26 bits per heavy atom. The van der Waals surface area contributed by atoms with Crippen molar-refractivity contribution in [3.63, 3.8) is 0 Å². The van der Waals surface area contributed by atoms with Gasteiger partial charge >= 0.3 is 0 Å². The molecule has 1 aliphatic rings. The van der Waals surface area contributed by atoms with Crippen molar-refractivity contribution in [2.24, 2.45) is 11.7 Å². The van der Waals surface area contributed by atoms with E-state index in [2.05, 4.69) is 5.32 Å². The molecule has 1 fully saturated rings. The molecule has 1 saturated heterocycles. The van der Waals surface area contributed by atoms with Crippen molar-refractivity contribution in [2.75, 3.05) is 32.8 Å². The topological polar surface area (TPSA) is 84.7 Å². The van der Waals surface area contributed by atoms with Crippen LogP contribution in [-0.4, -0.2) is 49.5 Å². The van der Waals surface area contributed by atoms with Gasteiger partial charge in [0.1, 0.15) is 18.2 Å². The molecule has 2 amide bonds. The molecule has 1 heterocycles. The van der Waals surface area contributed by atoms with Crippen LogP contribution in [0.15, 0.2) is 24.3 Å². The summed E-state index contributed by atoms with van der Waals surface area (Å²) >= 11 is 0. The summed E-state index contributed by atoms with van der Waals surface area (Å²) in [6.07, 6.45) is 1.41. The first-order valence-corrected chi connectivity index (χ1v) is 7.71. The normalized spacial score (nSPS) is 16.0. The fraction of sp³-hybridized carbons (Fsp3) is 0.500. The van der Waals surface area contributed by atoms with Crippen LogP contribution in [0.1, 0.15) is 12.8 Å². The molecule has 1 aliphatic heterocycles. The quantitative estimate of drug-likeness (QED) is 0.717. The smallest absolute Gasteiger partial charge is 0.234 e. The Balaban J connectivity index is 1.58. The molecule has 0 aliphatic carbocycles. The second kappa shape index (κ2) is 8.47. The number of piperidine rings is 1. The number of benzene rings is 1.